The minimum Gasteiger partial charge on any atom is -0.472 e. The number of allylic oxidation sites excluding steroid dienone is 1. The van der Waals surface area contributed by atoms with Gasteiger partial charge in [0.15, 0.2) is 12.0 Å². The van der Waals surface area contributed by atoms with Crippen LogP contribution in [0.3, 0.4) is 0 Å². The number of Topliss-reactive ketones (excluding diaryl/α,β-unsaturated/α-hetero) is 1. The van der Waals surface area contributed by atoms with Gasteiger partial charge in [0.05, 0.1) is 16.9 Å². The molecule has 0 fully saturated rings. The number of benzene rings is 1. The summed E-state index contributed by atoms with van der Waals surface area (Å²) in [7, 11) is 0. The minimum absolute atomic E-state index is 0.0494. The summed E-state index contributed by atoms with van der Waals surface area (Å²) >= 11 is 0. The lowest BCUT2D eigenvalue weighted by Gasteiger charge is -2.45. The van der Waals surface area contributed by atoms with Gasteiger partial charge in [0.1, 0.15) is 11.8 Å². The van der Waals surface area contributed by atoms with E-state index in [2.05, 4.69) is 4.90 Å². The van der Waals surface area contributed by atoms with E-state index in [9.17, 15) is 9.59 Å². The van der Waals surface area contributed by atoms with Crippen LogP contribution in [0.1, 0.15) is 27.7 Å². The third-order valence-electron chi connectivity index (χ3n) is 4.34. The first kappa shape index (κ1) is 14.6. The van der Waals surface area contributed by atoms with E-state index in [0.717, 1.165) is 17.9 Å². The molecule has 3 rings (SSSR count). The number of nitrogens with zero attached hydrogens (tertiary/aromatic N) is 2. The van der Waals surface area contributed by atoms with Gasteiger partial charge in [-0.1, -0.05) is 12.1 Å². The first-order valence-corrected chi connectivity index (χ1v) is 7.51. The van der Waals surface area contributed by atoms with Gasteiger partial charge in [-0.25, -0.2) is 0 Å². The van der Waals surface area contributed by atoms with Gasteiger partial charge in [0.25, 0.3) is 0 Å². The Labute approximate surface area is 130 Å². The van der Waals surface area contributed by atoms with Gasteiger partial charge in [0, 0.05) is 13.5 Å². The van der Waals surface area contributed by atoms with Gasteiger partial charge >= 0.3 is 0 Å². The molecule has 2 heterocycles. The molecule has 0 bridgehead atoms. The molecule has 5 heteroatoms. The maximum Gasteiger partial charge on any atom is 0.224 e. The molecule has 1 aromatic carbocycles. The summed E-state index contributed by atoms with van der Waals surface area (Å²) in [5, 5.41) is 0. The van der Waals surface area contributed by atoms with Crippen molar-refractivity contribution >= 4 is 23.1 Å². The molecule has 1 amide bonds. The average molecular weight is 300 g/mol. The molecule has 5 nitrogen and oxygen atoms in total. The van der Waals surface area contributed by atoms with E-state index in [1.807, 2.05) is 31.2 Å². The Morgan fingerprint density at radius 3 is 2.36 bits per heavy atom. The second-order valence-electron chi connectivity index (χ2n) is 5.64. The van der Waals surface area contributed by atoms with Gasteiger partial charge in [-0.15, -0.1) is 0 Å². The minimum atomic E-state index is -0.384. The summed E-state index contributed by atoms with van der Waals surface area (Å²) in [6, 6.07) is 7.37. The predicted octanol–water partition coefficient (Wildman–Crippen LogP) is 2.47. The SMILES string of the molecule is CCN1c2ccccc2N(C(C)=O)[C@H]2C(C(C)=O)=C(C)O[C@@H]21. The lowest BCUT2D eigenvalue weighted by molar-refractivity contribution is -0.117. The predicted molar refractivity (Wildman–Crippen MR) is 84.7 cm³/mol. The molecule has 0 unspecified atom stereocenters. The van der Waals surface area contributed by atoms with Gasteiger partial charge in [-0.2, -0.15) is 0 Å². The number of likely N-dealkylation sites (N-methyl/N-ethyl adjacent to an activating group) is 1. The number of hydrogen-bond acceptors (Lipinski definition) is 4. The number of amides is 1. The van der Waals surface area contributed by atoms with E-state index >= 15 is 0 Å². The molecule has 0 saturated heterocycles. The highest BCUT2D eigenvalue weighted by Crippen LogP contribution is 2.44. The fourth-order valence-electron chi connectivity index (χ4n) is 3.52. The lowest BCUT2D eigenvalue weighted by Crippen LogP contribution is -2.57. The van der Waals surface area contributed by atoms with Gasteiger partial charge < -0.3 is 9.64 Å². The van der Waals surface area contributed by atoms with Crippen LogP contribution < -0.4 is 9.80 Å². The highest BCUT2D eigenvalue weighted by atomic mass is 16.5. The number of rotatable bonds is 2. The van der Waals surface area contributed by atoms with E-state index in [-0.39, 0.29) is 24.0 Å². The first-order chi connectivity index (χ1) is 10.5. The number of carbonyl (C=O) groups is 2. The molecule has 0 N–H and O–H groups in total. The molecule has 1 aromatic rings. The van der Waals surface area contributed by atoms with Crippen LogP contribution in [-0.4, -0.2) is 30.5 Å². The van der Waals surface area contributed by atoms with Gasteiger partial charge in [0.2, 0.25) is 5.91 Å². The normalized spacial score (nSPS) is 23.1. The fourth-order valence-corrected chi connectivity index (χ4v) is 3.52. The van der Waals surface area contributed by atoms with Crippen LogP contribution in [0.5, 0.6) is 0 Å². The number of anilines is 2. The Morgan fingerprint density at radius 1 is 1.18 bits per heavy atom. The van der Waals surface area contributed by atoms with Gasteiger partial charge in [-0.05, 0) is 32.9 Å². The largest absolute Gasteiger partial charge is 0.472 e. The topological polar surface area (TPSA) is 49.9 Å². The summed E-state index contributed by atoms with van der Waals surface area (Å²) in [6.45, 7) is 7.64. The zero-order chi connectivity index (χ0) is 16.0. The van der Waals surface area contributed by atoms with E-state index in [4.69, 9.17) is 4.74 Å². The van der Waals surface area contributed by atoms with Crippen molar-refractivity contribution in [3.05, 3.63) is 35.6 Å². The second-order valence-corrected chi connectivity index (χ2v) is 5.64. The molecule has 0 aromatic heterocycles. The van der Waals surface area contributed by atoms with Crippen LogP contribution in [-0.2, 0) is 14.3 Å². The summed E-state index contributed by atoms with van der Waals surface area (Å²) in [5.74, 6) is 0.474. The zero-order valence-electron chi connectivity index (χ0n) is 13.3. The summed E-state index contributed by atoms with van der Waals surface area (Å²) in [5.41, 5.74) is 2.38. The number of ketones is 1. The Morgan fingerprint density at radius 2 is 1.82 bits per heavy atom. The number of para-hydroxylation sites is 2. The van der Waals surface area contributed by atoms with Crippen LogP contribution in [0.4, 0.5) is 11.4 Å². The molecule has 0 spiro atoms. The third-order valence-corrected chi connectivity index (χ3v) is 4.34. The van der Waals surface area contributed by atoms with E-state index in [0.29, 0.717) is 11.3 Å². The van der Waals surface area contributed by atoms with E-state index in [1.165, 1.54) is 13.8 Å². The van der Waals surface area contributed by atoms with Crippen molar-refractivity contribution in [1.29, 1.82) is 0 Å². The van der Waals surface area contributed by atoms with Crippen LogP contribution in [0, 0.1) is 0 Å². The van der Waals surface area contributed by atoms with Crippen LogP contribution in [0.25, 0.3) is 0 Å². The summed E-state index contributed by atoms with van der Waals surface area (Å²) < 4.78 is 5.97. The zero-order valence-corrected chi connectivity index (χ0v) is 13.3. The van der Waals surface area contributed by atoms with Crippen molar-refractivity contribution in [1.82, 2.24) is 0 Å². The molecule has 116 valence electrons. The quantitative estimate of drug-likeness (QED) is 0.842. The van der Waals surface area contributed by atoms with Crippen molar-refractivity contribution in [2.45, 2.75) is 40.0 Å². The molecule has 2 aliphatic rings. The molecule has 2 atom stereocenters. The Bertz CT molecular complexity index is 680. The van der Waals surface area contributed by atoms with Crippen LogP contribution in [0.2, 0.25) is 0 Å². The molecular formula is C17H20N2O3. The average Bonchev–Trinajstić information content (AvgIpc) is 2.80. The van der Waals surface area contributed by atoms with Crippen molar-refractivity contribution in [3.63, 3.8) is 0 Å². The third kappa shape index (κ3) is 1.92. The number of fused-ring (bicyclic) bond motifs is 2. The molecule has 2 aliphatic heterocycles. The van der Waals surface area contributed by atoms with Gasteiger partial charge in [-0.3, -0.25) is 14.5 Å². The highest BCUT2D eigenvalue weighted by Gasteiger charge is 2.49. The fraction of sp³-hybridized carbons (Fsp3) is 0.412. The number of hydrogen-bond donors (Lipinski definition) is 0. The van der Waals surface area contributed by atoms with Crippen LogP contribution in [0.15, 0.2) is 35.6 Å². The maximum absolute atomic E-state index is 12.3. The Hall–Kier alpha value is -2.30. The molecule has 0 saturated carbocycles. The van der Waals surface area contributed by atoms with E-state index in [1.54, 1.807) is 11.8 Å². The van der Waals surface area contributed by atoms with Crippen molar-refractivity contribution in [3.8, 4) is 0 Å². The molecule has 0 aliphatic carbocycles. The van der Waals surface area contributed by atoms with Crippen molar-refractivity contribution in [2.75, 3.05) is 16.3 Å². The van der Waals surface area contributed by atoms with Crippen molar-refractivity contribution in [2.24, 2.45) is 0 Å². The number of carbonyl (C=O) groups excluding carboxylic acids is 2. The lowest BCUT2D eigenvalue weighted by atomic mass is 9.96. The first-order valence-electron chi connectivity index (χ1n) is 7.51. The number of ether oxygens (including phenoxy) is 1. The highest BCUT2D eigenvalue weighted by molar-refractivity contribution is 6.03. The summed E-state index contributed by atoms with van der Waals surface area (Å²) in [6.07, 6.45) is -0.345. The smallest absolute Gasteiger partial charge is 0.224 e. The maximum atomic E-state index is 12.3. The van der Waals surface area contributed by atoms with Crippen LogP contribution >= 0.6 is 0 Å². The molecular weight excluding hydrogens is 280 g/mol. The monoisotopic (exact) mass is 300 g/mol. The molecule has 0 radical (unpaired) electrons. The Kier molecular flexibility index (Phi) is 3.43. The molecule has 22 heavy (non-hydrogen) atoms. The van der Waals surface area contributed by atoms with Crippen molar-refractivity contribution < 1.29 is 14.3 Å². The second kappa shape index (κ2) is 5.16. The van der Waals surface area contributed by atoms with E-state index < -0.39 is 0 Å². The summed E-state index contributed by atoms with van der Waals surface area (Å²) in [4.78, 5) is 28.2. The Balaban J connectivity index is 2.22. The standard InChI is InChI=1S/C17H20N2O3/c1-5-18-13-8-6-7-9-14(13)19(12(4)21)16-15(10(2)20)11(3)22-17(16)18/h6-9,16-17H,5H2,1-4H3/t16-,17-/m0/s1.